The van der Waals surface area contributed by atoms with Crippen molar-refractivity contribution >= 4 is 34.6 Å². The Kier molecular flexibility index (Phi) is 4.20. The van der Waals surface area contributed by atoms with Crippen LogP contribution < -0.4 is 10.6 Å². The molecule has 5 nitrogen and oxygen atoms in total. The number of anilines is 2. The number of aryl methyl sites for hydroxylation is 1. The van der Waals surface area contributed by atoms with Crippen LogP contribution in [0.1, 0.15) is 5.56 Å². The van der Waals surface area contributed by atoms with E-state index in [4.69, 9.17) is 0 Å². The van der Waals surface area contributed by atoms with E-state index < -0.39 is 0 Å². The van der Waals surface area contributed by atoms with Gasteiger partial charge in [0.2, 0.25) is 5.95 Å². The summed E-state index contributed by atoms with van der Waals surface area (Å²) in [7, 11) is 3.84. The Bertz CT molecular complexity index is 796. The molecule has 2 aromatic heterocycles. The van der Waals surface area contributed by atoms with Crippen LogP contribution in [-0.2, 0) is 13.6 Å². The second-order valence-corrected chi connectivity index (χ2v) is 5.82. The van der Waals surface area contributed by atoms with Crippen LogP contribution >= 0.6 is 11.8 Å². The number of rotatable bonds is 5. The predicted octanol–water partition coefficient (Wildman–Crippen LogP) is 3.34. The molecular formula is C16H19N5S. The molecule has 0 unspecified atom stereocenters. The highest BCUT2D eigenvalue weighted by atomic mass is 32.2. The van der Waals surface area contributed by atoms with Crippen molar-refractivity contribution in [1.29, 1.82) is 0 Å². The van der Waals surface area contributed by atoms with E-state index >= 15 is 0 Å². The van der Waals surface area contributed by atoms with Gasteiger partial charge in [-0.25, -0.2) is 4.98 Å². The first-order chi connectivity index (χ1) is 10.7. The van der Waals surface area contributed by atoms with E-state index in [0.717, 1.165) is 23.4 Å². The van der Waals surface area contributed by atoms with Crippen molar-refractivity contribution in [2.45, 2.75) is 11.4 Å². The van der Waals surface area contributed by atoms with Crippen LogP contribution in [0.5, 0.6) is 0 Å². The molecule has 0 radical (unpaired) electrons. The van der Waals surface area contributed by atoms with Crippen molar-refractivity contribution in [2.24, 2.45) is 7.05 Å². The predicted molar refractivity (Wildman–Crippen MR) is 93.6 cm³/mol. The van der Waals surface area contributed by atoms with Gasteiger partial charge < -0.3 is 15.2 Å². The lowest BCUT2D eigenvalue weighted by atomic mass is 10.2. The Morgan fingerprint density at radius 3 is 2.77 bits per heavy atom. The fourth-order valence-corrected chi connectivity index (χ4v) is 3.07. The molecule has 0 saturated carbocycles. The molecule has 0 aliphatic heterocycles. The van der Waals surface area contributed by atoms with Crippen molar-refractivity contribution in [2.75, 3.05) is 23.9 Å². The van der Waals surface area contributed by atoms with Gasteiger partial charge in [-0.05, 0) is 24.0 Å². The SMILES string of the molecule is CNc1nc(NCc2ccccc2SC)c2c(ccn2C)n1. The average Bonchev–Trinajstić information content (AvgIpc) is 2.94. The van der Waals surface area contributed by atoms with Crippen molar-refractivity contribution < 1.29 is 0 Å². The molecule has 2 N–H and O–H groups in total. The average molecular weight is 313 g/mol. The first-order valence-corrected chi connectivity index (χ1v) is 8.32. The Morgan fingerprint density at radius 1 is 1.18 bits per heavy atom. The Morgan fingerprint density at radius 2 is 2.00 bits per heavy atom. The molecule has 22 heavy (non-hydrogen) atoms. The summed E-state index contributed by atoms with van der Waals surface area (Å²) in [6.07, 6.45) is 4.10. The second kappa shape index (κ2) is 6.27. The third kappa shape index (κ3) is 2.74. The summed E-state index contributed by atoms with van der Waals surface area (Å²) < 4.78 is 2.04. The number of fused-ring (bicyclic) bond motifs is 1. The zero-order valence-electron chi connectivity index (χ0n) is 12.9. The number of hydrogen-bond donors (Lipinski definition) is 2. The van der Waals surface area contributed by atoms with Gasteiger partial charge in [-0.3, -0.25) is 0 Å². The maximum absolute atomic E-state index is 4.56. The van der Waals surface area contributed by atoms with E-state index in [-0.39, 0.29) is 0 Å². The Labute approximate surface area is 134 Å². The zero-order chi connectivity index (χ0) is 15.5. The normalized spacial score (nSPS) is 10.9. The van der Waals surface area contributed by atoms with E-state index in [2.05, 4.69) is 51.1 Å². The molecule has 0 atom stereocenters. The molecule has 0 fully saturated rings. The number of aromatic nitrogens is 3. The van der Waals surface area contributed by atoms with Crippen LogP contribution in [0.15, 0.2) is 41.4 Å². The van der Waals surface area contributed by atoms with Gasteiger partial charge in [0.25, 0.3) is 0 Å². The topological polar surface area (TPSA) is 54.8 Å². The minimum absolute atomic E-state index is 0.624. The van der Waals surface area contributed by atoms with Crippen LogP contribution in [0.4, 0.5) is 11.8 Å². The lowest BCUT2D eigenvalue weighted by Crippen LogP contribution is -2.07. The first kappa shape index (κ1) is 14.7. The molecule has 1 aromatic carbocycles. The number of nitrogens with zero attached hydrogens (tertiary/aromatic N) is 3. The highest BCUT2D eigenvalue weighted by Crippen LogP contribution is 2.25. The number of hydrogen-bond acceptors (Lipinski definition) is 5. The number of nitrogens with one attached hydrogen (secondary N) is 2. The largest absolute Gasteiger partial charge is 0.364 e. The summed E-state index contributed by atoms with van der Waals surface area (Å²) in [4.78, 5) is 10.3. The summed E-state index contributed by atoms with van der Waals surface area (Å²) >= 11 is 1.76. The molecule has 114 valence electrons. The molecule has 6 heteroatoms. The van der Waals surface area contributed by atoms with Gasteiger partial charge in [-0.2, -0.15) is 4.98 Å². The van der Waals surface area contributed by atoms with E-state index in [0.29, 0.717) is 5.95 Å². The number of benzene rings is 1. The van der Waals surface area contributed by atoms with Crippen molar-refractivity contribution in [1.82, 2.24) is 14.5 Å². The highest BCUT2D eigenvalue weighted by molar-refractivity contribution is 7.98. The lowest BCUT2D eigenvalue weighted by Gasteiger charge is -2.12. The summed E-state index contributed by atoms with van der Waals surface area (Å²) in [6.45, 7) is 0.734. The van der Waals surface area contributed by atoms with E-state index in [9.17, 15) is 0 Å². The maximum Gasteiger partial charge on any atom is 0.225 e. The molecule has 0 bridgehead atoms. The van der Waals surface area contributed by atoms with Gasteiger partial charge >= 0.3 is 0 Å². The molecule has 3 aromatic rings. The monoisotopic (exact) mass is 313 g/mol. The highest BCUT2D eigenvalue weighted by Gasteiger charge is 2.10. The van der Waals surface area contributed by atoms with E-state index in [1.165, 1.54) is 10.5 Å². The minimum Gasteiger partial charge on any atom is -0.364 e. The molecule has 0 saturated heterocycles. The Balaban J connectivity index is 1.94. The van der Waals surface area contributed by atoms with Gasteiger partial charge in [0.05, 0.1) is 5.52 Å². The molecule has 2 heterocycles. The van der Waals surface area contributed by atoms with Crippen LogP contribution in [-0.4, -0.2) is 27.8 Å². The smallest absolute Gasteiger partial charge is 0.225 e. The third-order valence-corrected chi connectivity index (χ3v) is 4.42. The summed E-state index contributed by atoms with van der Waals surface area (Å²) in [5, 5.41) is 6.47. The first-order valence-electron chi connectivity index (χ1n) is 7.09. The molecular weight excluding hydrogens is 294 g/mol. The summed E-state index contributed by atoms with van der Waals surface area (Å²) in [6, 6.07) is 10.4. The van der Waals surface area contributed by atoms with Crippen LogP contribution in [0.2, 0.25) is 0 Å². The van der Waals surface area contributed by atoms with Gasteiger partial charge in [-0.1, -0.05) is 18.2 Å². The molecule has 0 aliphatic carbocycles. The maximum atomic E-state index is 4.56. The molecule has 3 rings (SSSR count). The van der Waals surface area contributed by atoms with Gasteiger partial charge in [0.15, 0.2) is 5.82 Å². The van der Waals surface area contributed by atoms with Gasteiger partial charge in [-0.15, -0.1) is 11.8 Å². The molecule has 0 amide bonds. The fraction of sp³-hybridized carbons (Fsp3) is 0.250. The third-order valence-electron chi connectivity index (χ3n) is 3.58. The standard InChI is InChI=1S/C16H19N5S/c1-17-16-19-12-8-9-21(2)14(12)15(20-16)18-10-11-6-4-5-7-13(11)22-3/h4-9H,10H2,1-3H3,(H2,17,18,19,20). The van der Waals surface area contributed by atoms with Crippen LogP contribution in [0.25, 0.3) is 11.0 Å². The molecule has 0 spiro atoms. The fourth-order valence-electron chi connectivity index (χ4n) is 2.46. The Hall–Kier alpha value is -2.21. The second-order valence-electron chi connectivity index (χ2n) is 4.97. The quantitative estimate of drug-likeness (QED) is 0.708. The van der Waals surface area contributed by atoms with E-state index in [1.54, 1.807) is 11.8 Å². The number of thioether (sulfide) groups is 1. The summed E-state index contributed by atoms with van der Waals surface area (Å²) in [5.41, 5.74) is 3.21. The molecule has 0 aliphatic rings. The van der Waals surface area contributed by atoms with Crippen molar-refractivity contribution in [3.63, 3.8) is 0 Å². The van der Waals surface area contributed by atoms with Crippen LogP contribution in [0.3, 0.4) is 0 Å². The lowest BCUT2D eigenvalue weighted by molar-refractivity contribution is 0.957. The van der Waals surface area contributed by atoms with E-state index in [1.807, 2.05) is 30.9 Å². The van der Waals surface area contributed by atoms with Gasteiger partial charge in [0.1, 0.15) is 5.52 Å². The zero-order valence-corrected chi connectivity index (χ0v) is 13.7. The van der Waals surface area contributed by atoms with Gasteiger partial charge in [0, 0.05) is 31.7 Å². The van der Waals surface area contributed by atoms with Crippen LogP contribution in [0, 0.1) is 0 Å². The summed E-state index contributed by atoms with van der Waals surface area (Å²) in [5.74, 6) is 1.47. The van der Waals surface area contributed by atoms with Crippen molar-refractivity contribution in [3.05, 3.63) is 42.1 Å². The minimum atomic E-state index is 0.624. The van der Waals surface area contributed by atoms with Crippen molar-refractivity contribution in [3.8, 4) is 0 Å².